The van der Waals surface area contributed by atoms with E-state index in [9.17, 15) is 8.42 Å². The lowest BCUT2D eigenvalue weighted by Crippen LogP contribution is -2.11. The largest absolute Gasteiger partial charge is 0.428 e. The van der Waals surface area contributed by atoms with E-state index in [1.165, 1.54) is 6.21 Å². The molecule has 0 spiro atoms. The molecule has 2 rings (SSSR count). The van der Waals surface area contributed by atoms with Crippen LogP contribution in [0.5, 0.6) is 5.75 Å². The summed E-state index contributed by atoms with van der Waals surface area (Å²) in [5.74, 6) is 0.304. The van der Waals surface area contributed by atoms with E-state index < -0.39 is 10.3 Å². The predicted molar refractivity (Wildman–Crippen MR) is 51.3 cm³/mol. The molecule has 0 radical (unpaired) electrons. The van der Waals surface area contributed by atoms with Gasteiger partial charge in [-0.15, -0.1) is 4.40 Å². The summed E-state index contributed by atoms with van der Waals surface area (Å²) >= 11 is 3.25. The minimum Gasteiger partial charge on any atom is -0.365 e. The van der Waals surface area contributed by atoms with E-state index in [1.807, 2.05) is 0 Å². The molecule has 1 aromatic carbocycles. The molecule has 0 bridgehead atoms. The second kappa shape index (κ2) is 2.81. The molecule has 6 heteroatoms. The SMILES string of the molecule is O=S1(=O)N=Cc2cc(Br)ccc2O1. The molecule has 0 atom stereocenters. The molecule has 0 aromatic heterocycles. The van der Waals surface area contributed by atoms with Crippen LogP contribution in [0, 0.1) is 0 Å². The first-order valence-corrected chi connectivity index (χ1v) is 5.52. The van der Waals surface area contributed by atoms with Crippen molar-refractivity contribution in [2.45, 2.75) is 0 Å². The molecular weight excluding hydrogens is 258 g/mol. The van der Waals surface area contributed by atoms with Gasteiger partial charge < -0.3 is 4.18 Å². The van der Waals surface area contributed by atoms with E-state index in [0.717, 1.165) is 4.47 Å². The Bertz CT molecular complexity index is 481. The Labute approximate surface area is 83.6 Å². The Kier molecular flexibility index (Phi) is 1.88. The zero-order chi connectivity index (χ0) is 9.47. The van der Waals surface area contributed by atoms with Gasteiger partial charge in [0.1, 0.15) is 0 Å². The average Bonchev–Trinajstić information content (AvgIpc) is 2.05. The lowest BCUT2D eigenvalue weighted by Gasteiger charge is -2.10. The van der Waals surface area contributed by atoms with Crippen molar-refractivity contribution in [3.05, 3.63) is 28.2 Å². The number of halogens is 1. The number of rotatable bonds is 0. The van der Waals surface area contributed by atoms with Crippen LogP contribution in [-0.4, -0.2) is 14.6 Å². The van der Waals surface area contributed by atoms with Gasteiger partial charge >= 0.3 is 10.3 Å². The Balaban J connectivity index is 2.59. The number of hydrogen-bond acceptors (Lipinski definition) is 3. The molecular formula is C7H4BrNO3S. The maximum Gasteiger partial charge on any atom is 0.428 e. The maximum absolute atomic E-state index is 10.9. The Hall–Kier alpha value is -0.880. The molecule has 0 saturated carbocycles. The summed E-state index contributed by atoms with van der Waals surface area (Å²) in [6, 6.07) is 5.00. The van der Waals surface area contributed by atoms with Gasteiger partial charge in [0.25, 0.3) is 0 Å². The Morgan fingerprint density at radius 3 is 2.92 bits per heavy atom. The third-order valence-corrected chi connectivity index (χ3v) is 2.73. The van der Waals surface area contributed by atoms with Crippen molar-refractivity contribution >= 4 is 32.4 Å². The zero-order valence-corrected chi connectivity index (χ0v) is 8.67. The first-order chi connectivity index (χ1) is 6.07. The molecule has 1 heterocycles. The number of fused-ring (bicyclic) bond motifs is 1. The molecule has 0 fully saturated rings. The van der Waals surface area contributed by atoms with Crippen LogP contribution in [0.1, 0.15) is 5.56 Å². The number of benzene rings is 1. The molecule has 13 heavy (non-hydrogen) atoms. The summed E-state index contributed by atoms with van der Waals surface area (Å²) in [4.78, 5) is 0. The van der Waals surface area contributed by atoms with E-state index in [1.54, 1.807) is 18.2 Å². The second-order valence-corrected chi connectivity index (χ2v) is 4.58. The van der Waals surface area contributed by atoms with Gasteiger partial charge in [-0.2, -0.15) is 8.42 Å². The highest BCUT2D eigenvalue weighted by atomic mass is 79.9. The molecule has 1 aliphatic rings. The van der Waals surface area contributed by atoms with Crippen molar-refractivity contribution in [1.82, 2.24) is 0 Å². The first-order valence-electron chi connectivity index (χ1n) is 3.36. The van der Waals surface area contributed by atoms with Gasteiger partial charge in [0.15, 0.2) is 5.75 Å². The standard InChI is InChI=1S/C7H4BrNO3S/c8-6-1-2-7-5(3-6)4-9-13(10,11)12-7/h1-4H. The van der Waals surface area contributed by atoms with Crippen molar-refractivity contribution in [2.24, 2.45) is 4.40 Å². The van der Waals surface area contributed by atoms with E-state index >= 15 is 0 Å². The van der Waals surface area contributed by atoms with Crippen LogP contribution in [-0.2, 0) is 10.3 Å². The quantitative estimate of drug-likeness (QED) is 0.712. The van der Waals surface area contributed by atoms with Crippen molar-refractivity contribution in [2.75, 3.05) is 0 Å². The molecule has 0 unspecified atom stereocenters. The van der Waals surface area contributed by atoms with Gasteiger partial charge in [-0.1, -0.05) is 15.9 Å². The third kappa shape index (κ3) is 1.73. The van der Waals surface area contributed by atoms with Crippen molar-refractivity contribution in [3.63, 3.8) is 0 Å². The Morgan fingerprint density at radius 2 is 2.15 bits per heavy atom. The third-order valence-electron chi connectivity index (χ3n) is 1.49. The predicted octanol–water partition coefficient (Wildman–Crippen LogP) is 1.51. The van der Waals surface area contributed by atoms with E-state index in [4.69, 9.17) is 0 Å². The number of hydrogen-bond donors (Lipinski definition) is 0. The monoisotopic (exact) mass is 261 g/mol. The second-order valence-electron chi connectivity index (χ2n) is 2.43. The first kappa shape index (κ1) is 8.71. The molecule has 4 nitrogen and oxygen atoms in total. The highest BCUT2D eigenvalue weighted by molar-refractivity contribution is 9.10. The minimum absolute atomic E-state index is 0.304. The molecule has 68 valence electrons. The maximum atomic E-state index is 10.9. The van der Waals surface area contributed by atoms with Crippen LogP contribution in [0.2, 0.25) is 0 Å². The summed E-state index contributed by atoms with van der Waals surface area (Å²) < 4.78 is 30.5. The smallest absolute Gasteiger partial charge is 0.365 e. The average molecular weight is 262 g/mol. The fraction of sp³-hybridized carbons (Fsp3) is 0. The fourth-order valence-electron chi connectivity index (χ4n) is 0.952. The summed E-state index contributed by atoms with van der Waals surface area (Å²) in [6.45, 7) is 0. The fourth-order valence-corrected chi connectivity index (χ4v) is 2.00. The van der Waals surface area contributed by atoms with Gasteiger partial charge in [0, 0.05) is 10.0 Å². The zero-order valence-electron chi connectivity index (χ0n) is 6.27. The molecule has 0 N–H and O–H groups in total. The molecule has 0 aliphatic carbocycles. The summed E-state index contributed by atoms with van der Waals surface area (Å²) in [5, 5.41) is 0. The lowest BCUT2D eigenvalue weighted by molar-refractivity contribution is 0.485. The summed E-state index contributed by atoms with van der Waals surface area (Å²) in [5.41, 5.74) is 0.643. The van der Waals surface area contributed by atoms with Gasteiger partial charge in [0.2, 0.25) is 0 Å². The van der Waals surface area contributed by atoms with Crippen molar-refractivity contribution in [3.8, 4) is 5.75 Å². The van der Waals surface area contributed by atoms with Gasteiger partial charge in [0.05, 0.1) is 6.21 Å². The number of nitrogens with zero attached hydrogens (tertiary/aromatic N) is 1. The normalized spacial score (nSPS) is 17.6. The molecule has 0 saturated heterocycles. The van der Waals surface area contributed by atoms with Gasteiger partial charge in [-0.25, -0.2) is 0 Å². The molecule has 1 aliphatic heterocycles. The van der Waals surface area contributed by atoms with Crippen LogP contribution < -0.4 is 4.18 Å². The van der Waals surface area contributed by atoms with Gasteiger partial charge in [-0.05, 0) is 18.2 Å². The molecule has 0 amide bonds. The van der Waals surface area contributed by atoms with Crippen molar-refractivity contribution < 1.29 is 12.6 Å². The highest BCUT2D eigenvalue weighted by Crippen LogP contribution is 2.25. The van der Waals surface area contributed by atoms with Crippen LogP contribution in [0.15, 0.2) is 27.1 Å². The minimum atomic E-state index is -3.75. The van der Waals surface area contributed by atoms with E-state index in [0.29, 0.717) is 11.3 Å². The molecule has 1 aromatic rings. The van der Waals surface area contributed by atoms with Crippen molar-refractivity contribution in [1.29, 1.82) is 0 Å². The highest BCUT2D eigenvalue weighted by Gasteiger charge is 2.17. The van der Waals surface area contributed by atoms with Crippen LogP contribution in [0.3, 0.4) is 0 Å². The van der Waals surface area contributed by atoms with Crippen LogP contribution in [0.25, 0.3) is 0 Å². The lowest BCUT2D eigenvalue weighted by atomic mass is 10.2. The Morgan fingerprint density at radius 1 is 1.38 bits per heavy atom. The van der Waals surface area contributed by atoms with Crippen LogP contribution >= 0.6 is 15.9 Å². The van der Waals surface area contributed by atoms with E-state index in [-0.39, 0.29) is 0 Å². The topological polar surface area (TPSA) is 55.7 Å². The van der Waals surface area contributed by atoms with Crippen LogP contribution in [0.4, 0.5) is 0 Å². The van der Waals surface area contributed by atoms with E-state index in [2.05, 4.69) is 24.5 Å². The summed E-state index contributed by atoms with van der Waals surface area (Å²) in [7, 11) is -3.75. The van der Waals surface area contributed by atoms with Gasteiger partial charge in [-0.3, -0.25) is 0 Å². The summed E-state index contributed by atoms with van der Waals surface area (Å²) in [6.07, 6.45) is 1.26.